The molecule has 0 N–H and O–H groups in total. The van der Waals surface area contributed by atoms with Gasteiger partial charge in [-0.05, 0) is 33.6 Å². The molecule has 2 amide bonds. The lowest BCUT2D eigenvalue weighted by Gasteiger charge is -2.40. The van der Waals surface area contributed by atoms with Crippen LogP contribution in [0.4, 0.5) is 0 Å². The second kappa shape index (κ2) is 6.22. The number of nitrogens with zero attached hydrogens (tertiary/aromatic N) is 2. The van der Waals surface area contributed by atoms with Crippen molar-refractivity contribution in [1.82, 2.24) is 9.80 Å². The van der Waals surface area contributed by atoms with E-state index >= 15 is 0 Å². The van der Waals surface area contributed by atoms with Crippen molar-refractivity contribution >= 4 is 11.8 Å². The van der Waals surface area contributed by atoms with E-state index in [1.54, 1.807) is 18.9 Å². The SMILES string of the molecule is C=C(C)N(C(C)=O)C(C(=O)N(C)C(C)(C)C)C(C)C. The lowest BCUT2D eigenvalue weighted by Crippen LogP contribution is -2.55. The molecule has 110 valence electrons. The van der Waals surface area contributed by atoms with Gasteiger partial charge >= 0.3 is 0 Å². The van der Waals surface area contributed by atoms with E-state index in [-0.39, 0.29) is 23.3 Å². The Morgan fingerprint density at radius 2 is 1.53 bits per heavy atom. The summed E-state index contributed by atoms with van der Waals surface area (Å²) in [7, 11) is 1.77. The Hall–Kier alpha value is -1.32. The zero-order valence-electron chi connectivity index (χ0n) is 13.6. The number of amides is 2. The van der Waals surface area contributed by atoms with Crippen LogP contribution in [-0.2, 0) is 9.59 Å². The minimum absolute atomic E-state index is 0.0258. The number of carbonyl (C=O) groups excluding carboxylic acids is 2. The molecule has 1 atom stereocenters. The van der Waals surface area contributed by atoms with Crippen LogP contribution in [0.1, 0.15) is 48.5 Å². The van der Waals surface area contributed by atoms with Gasteiger partial charge in [-0.25, -0.2) is 0 Å². The number of rotatable bonds is 4. The van der Waals surface area contributed by atoms with Gasteiger partial charge in [0.1, 0.15) is 6.04 Å². The summed E-state index contributed by atoms with van der Waals surface area (Å²) in [4.78, 5) is 27.7. The number of likely N-dealkylation sites (N-methyl/N-ethyl adjacent to an activating group) is 1. The number of carbonyl (C=O) groups is 2. The fraction of sp³-hybridized carbons (Fsp3) is 0.733. The van der Waals surface area contributed by atoms with Crippen LogP contribution in [0.25, 0.3) is 0 Å². The summed E-state index contributed by atoms with van der Waals surface area (Å²) in [5.74, 6) is -0.180. The van der Waals surface area contributed by atoms with Crippen LogP contribution in [0.2, 0.25) is 0 Å². The molecular formula is C15H28N2O2. The van der Waals surface area contributed by atoms with Crippen molar-refractivity contribution < 1.29 is 9.59 Å². The van der Waals surface area contributed by atoms with E-state index in [1.807, 2.05) is 34.6 Å². The molecule has 4 heteroatoms. The van der Waals surface area contributed by atoms with Crippen molar-refractivity contribution in [3.63, 3.8) is 0 Å². The first-order chi connectivity index (χ1) is 8.41. The molecule has 0 rings (SSSR count). The van der Waals surface area contributed by atoms with Crippen molar-refractivity contribution in [3.8, 4) is 0 Å². The van der Waals surface area contributed by atoms with Crippen LogP contribution in [0.15, 0.2) is 12.3 Å². The lowest BCUT2D eigenvalue weighted by atomic mass is 9.97. The van der Waals surface area contributed by atoms with Gasteiger partial charge in [-0.3, -0.25) is 9.59 Å². The molecule has 19 heavy (non-hydrogen) atoms. The van der Waals surface area contributed by atoms with Crippen molar-refractivity contribution in [2.75, 3.05) is 7.05 Å². The number of hydrogen-bond donors (Lipinski definition) is 0. The summed E-state index contributed by atoms with van der Waals surface area (Å²) in [6.07, 6.45) is 0. The summed E-state index contributed by atoms with van der Waals surface area (Å²) < 4.78 is 0. The average Bonchev–Trinajstić information content (AvgIpc) is 2.20. The van der Waals surface area contributed by atoms with Crippen LogP contribution in [0, 0.1) is 5.92 Å². The second-order valence-corrected chi connectivity index (χ2v) is 6.38. The van der Waals surface area contributed by atoms with E-state index in [4.69, 9.17) is 0 Å². The highest BCUT2D eigenvalue weighted by atomic mass is 16.2. The predicted octanol–water partition coefficient (Wildman–Crippen LogP) is 2.65. The molecule has 0 radical (unpaired) electrons. The zero-order valence-corrected chi connectivity index (χ0v) is 13.6. The first-order valence-corrected chi connectivity index (χ1v) is 6.64. The highest BCUT2D eigenvalue weighted by Crippen LogP contribution is 2.21. The molecule has 0 aliphatic carbocycles. The van der Waals surface area contributed by atoms with E-state index in [1.165, 1.54) is 11.8 Å². The maximum absolute atomic E-state index is 12.7. The fourth-order valence-electron chi connectivity index (χ4n) is 1.92. The molecule has 0 fully saturated rings. The molecule has 0 aromatic heterocycles. The fourth-order valence-corrected chi connectivity index (χ4v) is 1.92. The first-order valence-electron chi connectivity index (χ1n) is 6.64. The highest BCUT2D eigenvalue weighted by Gasteiger charge is 2.36. The largest absolute Gasteiger partial charge is 0.339 e. The second-order valence-electron chi connectivity index (χ2n) is 6.38. The summed E-state index contributed by atoms with van der Waals surface area (Å²) in [6.45, 7) is 16.8. The van der Waals surface area contributed by atoms with Gasteiger partial charge < -0.3 is 9.80 Å². The van der Waals surface area contributed by atoms with Crippen LogP contribution >= 0.6 is 0 Å². The lowest BCUT2D eigenvalue weighted by molar-refractivity contribution is -0.147. The average molecular weight is 268 g/mol. The minimum atomic E-state index is -0.501. The third kappa shape index (κ3) is 4.37. The van der Waals surface area contributed by atoms with Gasteiger partial charge in [-0.15, -0.1) is 0 Å². The number of hydrogen-bond acceptors (Lipinski definition) is 2. The third-order valence-electron chi connectivity index (χ3n) is 3.25. The molecule has 0 saturated heterocycles. The Bertz CT molecular complexity index is 353. The molecule has 0 aromatic rings. The van der Waals surface area contributed by atoms with Gasteiger partial charge in [0.15, 0.2) is 0 Å². The highest BCUT2D eigenvalue weighted by molar-refractivity contribution is 5.88. The summed E-state index contributed by atoms with van der Waals surface area (Å²) in [5.41, 5.74) is 0.323. The monoisotopic (exact) mass is 268 g/mol. The molecular weight excluding hydrogens is 240 g/mol. The number of allylic oxidation sites excluding steroid dienone is 1. The van der Waals surface area contributed by atoms with Gasteiger partial charge in [0.25, 0.3) is 0 Å². The van der Waals surface area contributed by atoms with Gasteiger partial charge in [0, 0.05) is 25.2 Å². The molecule has 0 aliphatic rings. The maximum Gasteiger partial charge on any atom is 0.246 e. The van der Waals surface area contributed by atoms with Crippen molar-refractivity contribution in [2.45, 2.75) is 60.0 Å². The van der Waals surface area contributed by atoms with Crippen LogP contribution in [0.3, 0.4) is 0 Å². The molecule has 1 unspecified atom stereocenters. The van der Waals surface area contributed by atoms with Gasteiger partial charge in [-0.1, -0.05) is 20.4 Å². The minimum Gasteiger partial charge on any atom is -0.339 e. The van der Waals surface area contributed by atoms with E-state index in [0.717, 1.165) is 0 Å². The topological polar surface area (TPSA) is 40.6 Å². The summed E-state index contributed by atoms with van der Waals surface area (Å²) in [6, 6.07) is -0.501. The molecule has 0 heterocycles. The van der Waals surface area contributed by atoms with E-state index in [0.29, 0.717) is 5.70 Å². The predicted molar refractivity (Wildman–Crippen MR) is 78.5 cm³/mol. The third-order valence-corrected chi connectivity index (χ3v) is 3.25. The maximum atomic E-state index is 12.7. The van der Waals surface area contributed by atoms with Crippen molar-refractivity contribution in [1.29, 1.82) is 0 Å². The Balaban J connectivity index is 5.50. The zero-order chi connectivity index (χ0) is 15.5. The van der Waals surface area contributed by atoms with Gasteiger partial charge in [0.05, 0.1) is 0 Å². The van der Waals surface area contributed by atoms with Crippen LogP contribution in [-0.4, -0.2) is 40.2 Å². The van der Waals surface area contributed by atoms with E-state index < -0.39 is 6.04 Å². The molecule has 0 aromatic carbocycles. The van der Waals surface area contributed by atoms with Crippen LogP contribution in [0.5, 0.6) is 0 Å². The van der Waals surface area contributed by atoms with Gasteiger partial charge in [-0.2, -0.15) is 0 Å². The van der Waals surface area contributed by atoms with E-state index in [2.05, 4.69) is 6.58 Å². The van der Waals surface area contributed by atoms with E-state index in [9.17, 15) is 9.59 Å². The molecule has 0 bridgehead atoms. The Morgan fingerprint density at radius 1 is 1.11 bits per heavy atom. The van der Waals surface area contributed by atoms with Crippen LogP contribution < -0.4 is 0 Å². The summed E-state index contributed by atoms with van der Waals surface area (Å²) >= 11 is 0. The first kappa shape index (κ1) is 17.7. The smallest absolute Gasteiger partial charge is 0.246 e. The Morgan fingerprint density at radius 3 is 1.74 bits per heavy atom. The Labute approximate surface area is 117 Å². The Kier molecular flexibility index (Phi) is 5.79. The van der Waals surface area contributed by atoms with Gasteiger partial charge in [0.2, 0.25) is 11.8 Å². The normalized spacial score (nSPS) is 13.1. The van der Waals surface area contributed by atoms with Crippen molar-refractivity contribution in [3.05, 3.63) is 12.3 Å². The molecule has 4 nitrogen and oxygen atoms in total. The molecule has 0 saturated carbocycles. The van der Waals surface area contributed by atoms with Crippen molar-refractivity contribution in [2.24, 2.45) is 5.92 Å². The summed E-state index contributed by atoms with van der Waals surface area (Å²) in [5, 5.41) is 0. The quantitative estimate of drug-likeness (QED) is 0.786. The molecule has 0 aliphatic heterocycles. The standard InChI is InChI=1S/C15H28N2O2/c1-10(2)13(17(11(3)4)12(5)18)14(19)16(9)15(6,7)8/h10,13H,3H2,1-2,4-9H3. The molecule has 0 spiro atoms.